The maximum Gasteiger partial charge on any atom is 0.305 e. The molecule has 0 aromatic heterocycles. The molecule has 174 valence electrons. The molecule has 9 heteroatoms. The molecule has 0 spiro atoms. The van der Waals surface area contributed by atoms with E-state index in [-0.39, 0.29) is 18.3 Å². The molecule has 6 nitrogen and oxygen atoms in total. The molecule has 0 radical (unpaired) electrons. The first kappa shape index (κ1) is 25.3. The Morgan fingerprint density at radius 1 is 1.24 bits per heavy atom. The van der Waals surface area contributed by atoms with Crippen molar-refractivity contribution in [1.82, 2.24) is 4.90 Å². The van der Waals surface area contributed by atoms with Gasteiger partial charge in [0.1, 0.15) is 10.9 Å². The number of rotatable bonds is 9. The van der Waals surface area contributed by atoms with Gasteiger partial charge in [-0.1, -0.05) is 48.2 Å². The number of thiocarbonyl (C=S) groups is 1. The van der Waals surface area contributed by atoms with Crippen molar-refractivity contribution in [3.63, 3.8) is 0 Å². The molecule has 1 saturated heterocycles. The highest BCUT2D eigenvalue weighted by atomic mass is 79.9. The van der Waals surface area contributed by atoms with Gasteiger partial charge in [0.25, 0.3) is 5.91 Å². The van der Waals surface area contributed by atoms with Gasteiger partial charge < -0.3 is 14.2 Å². The zero-order chi connectivity index (χ0) is 24.0. The van der Waals surface area contributed by atoms with Crippen molar-refractivity contribution >= 4 is 62.2 Å². The van der Waals surface area contributed by atoms with Crippen molar-refractivity contribution in [3.8, 4) is 11.5 Å². The fraction of sp³-hybridized carbons (Fsp3) is 0.292. The second-order valence-corrected chi connectivity index (χ2v) is 9.79. The Kier molecular flexibility index (Phi) is 8.94. The van der Waals surface area contributed by atoms with Crippen LogP contribution in [0.15, 0.2) is 45.8 Å². The summed E-state index contributed by atoms with van der Waals surface area (Å²) < 4.78 is 17.4. The lowest BCUT2D eigenvalue weighted by molar-refractivity contribution is -0.141. The predicted octanol–water partition coefficient (Wildman–Crippen LogP) is 5.50. The third kappa shape index (κ3) is 6.37. The highest BCUT2D eigenvalue weighted by molar-refractivity contribution is 9.10. The lowest BCUT2D eigenvalue weighted by Crippen LogP contribution is -2.29. The van der Waals surface area contributed by atoms with Crippen LogP contribution in [0.1, 0.15) is 29.5 Å². The van der Waals surface area contributed by atoms with E-state index in [4.69, 9.17) is 21.7 Å². The fourth-order valence-electron chi connectivity index (χ4n) is 3.21. The quantitative estimate of drug-likeness (QED) is 0.232. The summed E-state index contributed by atoms with van der Waals surface area (Å²) in [5, 5.41) is 0. The summed E-state index contributed by atoms with van der Waals surface area (Å²) >= 11 is 10.2. The van der Waals surface area contributed by atoms with E-state index in [1.165, 1.54) is 23.8 Å². The van der Waals surface area contributed by atoms with Crippen LogP contribution < -0.4 is 9.47 Å². The van der Waals surface area contributed by atoms with E-state index in [0.29, 0.717) is 40.3 Å². The van der Waals surface area contributed by atoms with Gasteiger partial charge in [0.2, 0.25) is 0 Å². The van der Waals surface area contributed by atoms with Crippen molar-refractivity contribution in [2.75, 3.05) is 20.8 Å². The second-order valence-electron chi connectivity index (χ2n) is 7.26. The van der Waals surface area contributed by atoms with Crippen molar-refractivity contribution in [2.24, 2.45) is 0 Å². The average Bonchev–Trinajstić information content (AvgIpc) is 3.06. The number of methoxy groups -OCH3 is 2. The molecule has 0 N–H and O–H groups in total. The van der Waals surface area contributed by atoms with Crippen molar-refractivity contribution in [3.05, 3.63) is 62.5 Å². The van der Waals surface area contributed by atoms with E-state index < -0.39 is 0 Å². The molecule has 1 fully saturated rings. The molecule has 0 saturated carbocycles. The summed E-state index contributed by atoms with van der Waals surface area (Å²) in [4.78, 5) is 26.2. The molecule has 0 unspecified atom stereocenters. The van der Waals surface area contributed by atoms with Gasteiger partial charge in [-0.3, -0.25) is 14.5 Å². The average molecular weight is 550 g/mol. The van der Waals surface area contributed by atoms with E-state index in [2.05, 4.69) is 20.7 Å². The molecule has 3 rings (SSSR count). The molecule has 1 heterocycles. The Morgan fingerprint density at radius 3 is 2.70 bits per heavy atom. The van der Waals surface area contributed by atoms with Gasteiger partial charge in [-0.25, -0.2) is 0 Å². The van der Waals surface area contributed by atoms with Crippen LogP contribution in [0, 0.1) is 6.92 Å². The SMILES string of the molecule is COC(=O)CCCN1C(=O)/C(=C/c2cc(Br)c(OCc3ccccc3C)c(OC)c2)SC1=S. The Labute approximate surface area is 211 Å². The predicted molar refractivity (Wildman–Crippen MR) is 137 cm³/mol. The summed E-state index contributed by atoms with van der Waals surface area (Å²) in [6.07, 6.45) is 2.50. The maximum absolute atomic E-state index is 12.8. The maximum atomic E-state index is 12.8. The summed E-state index contributed by atoms with van der Waals surface area (Å²) in [6.45, 7) is 2.82. The molecule has 33 heavy (non-hydrogen) atoms. The topological polar surface area (TPSA) is 65.1 Å². The first-order valence-corrected chi connectivity index (χ1v) is 12.2. The highest BCUT2D eigenvalue weighted by Crippen LogP contribution is 2.39. The van der Waals surface area contributed by atoms with Crippen LogP contribution in [0.3, 0.4) is 0 Å². The first-order chi connectivity index (χ1) is 15.8. The minimum atomic E-state index is -0.308. The largest absolute Gasteiger partial charge is 0.493 e. The fourth-order valence-corrected chi connectivity index (χ4v) is 5.10. The number of aryl methyl sites for hydroxylation is 1. The lowest BCUT2D eigenvalue weighted by Gasteiger charge is -2.15. The molecule has 0 bridgehead atoms. The van der Waals surface area contributed by atoms with Gasteiger partial charge in [-0.05, 0) is 64.2 Å². The third-order valence-electron chi connectivity index (χ3n) is 5.05. The number of amides is 1. The van der Waals surface area contributed by atoms with Crippen molar-refractivity contribution < 1.29 is 23.8 Å². The van der Waals surface area contributed by atoms with Crippen LogP contribution in [0.4, 0.5) is 0 Å². The Bertz CT molecular complexity index is 1100. The van der Waals surface area contributed by atoms with Crippen LogP contribution >= 0.6 is 39.9 Å². The minimum absolute atomic E-state index is 0.176. The zero-order valence-corrected chi connectivity index (χ0v) is 21.8. The minimum Gasteiger partial charge on any atom is -0.493 e. The standard InChI is InChI=1S/C24H24BrNO5S2/c1-15-7-4-5-8-17(15)14-31-22-18(25)11-16(12-19(22)29-2)13-20-23(28)26(24(32)33-20)10-6-9-21(27)30-3/h4-5,7-8,11-13H,6,9-10,14H2,1-3H3/b20-13-. The number of halogens is 1. The molecule has 2 aromatic carbocycles. The van der Waals surface area contributed by atoms with Gasteiger partial charge >= 0.3 is 5.97 Å². The number of thioether (sulfide) groups is 1. The lowest BCUT2D eigenvalue weighted by atomic mass is 10.1. The van der Waals surface area contributed by atoms with Gasteiger partial charge in [0.15, 0.2) is 11.5 Å². The van der Waals surface area contributed by atoms with Gasteiger partial charge in [0, 0.05) is 13.0 Å². The molecular weight excluding hydrogens is 526 g/mol. The smallest absolute Gasteiger partial charge is 0.305 e. The van der Waals surface area contributed by atoms with E-state index >= 15 is 0 Å². The van der Waals surface area contributed by atoms with Crippen LogP contribution in [-0.4, -0.2) is 41.9 Å². The Morgan fingerprint density at radius 2 is 2.00 bits per heavy atom. The molecule has 1 aliphatic heterocycles. The molecule has 0 aliphatic carbocycles. The molecule has 1 amide bonds. The third-order valence-corrected chi connectivity index (χ3v) is 7.01. The van der Waals surface area contributed by atoms with E-state index in [1.54, 1.807) is 13.2 Å². The van der Waals surface area contributed by atoms with Gasteiger partial charge in [-0.2, -0.15) is 0 Å². The number of nitrogens with zero attached hydrogens (tertiary/aromatic N) is 1. The number of carbonyl (C=O) groups excluding carboxylic acids is 2. The van der Waals surface area contributed by atoms with E-state index in [1.807, 2.05) is 43.3 Å². The summed E-state index contributed by atoms with van der Waals surface area (Å²) in [5.41, 5.74) is 3.02. The highest BCUT2D eigenvalue weighted by Gasteiger charge is 2.31. The van der Waals surface area contributed by atoms with Crippen LogP contribution in [0.5, 0.6) is 11.5 Å². The van der Waals surface area contributed by atoms with E-state index in [9.17, 15) is 9.59 Å². The number of hydrogen-bond donors (Lipinski definition) is 0. The Hall–Kier alpha value is -2.36. The number of esters is 1. The normalized spacial score (nSPS) is 14.7. The molecular formula is C24H24BrNO5S2. The monoisotopic (exact) mass is 549 g/mol. The summed E-state index contributed by atoms with van der Waals surface area (Å²) in [5.74, 6) is 0.661. The zero-order valence-electron chi connectivity index (χ0n) is 18.6. The van der Waals surface area contributed by atoms with Gasteiger partial charge in [0.05, 0.1) is 23.6 Å². The van der Waals surface area contributed by atoms with Gasteiger partial charge in [-0.15, -0.1) is 0 Å². The second kappa shape index (κ2) is 11.7. The molecule has 2 aromatic rings. The number of ether oxygens (including phenoxy) is 3. The van der Waals surface area contributed by atoms with Crippen molar-refractivity contribution in [1.29, 1.82) is 0 Å². The number of hydrogen-bond acceptors (Lipinski definition) is 7. The van der Waals surface area contributed by atoms with Crippen molar-refractivity contribution in [2.45, 2.75) is 26.4 Å². The number of carbonyl (C=O) groups is 2. The molecule has 1 aliphatic rings. The summed E-state index contributed by atoms with van der Waals surface area (Å²) in [7, 11) is 2.92. The van der Waals surface area contributed by atoms with Crippen LogP contribution in [-0.2, 0) is 20.9 Å². The Balaban J connectivity index is 1.75. The molecule has 0 atom stereocenters. The van der Waals surface area contributed by atoms with Crippen LogP contribution in [0.25, 0.3) is 6.08 Å². The number of benzene rings is 2. The van der Waals surface area contributed by atoms with E-state index in [0.717, 1.165) is 21.2 Å². The van der Waals surface area contributed by atoms with Crippen LogP contribution in [0.2, 0.25) is 0 Å². The first-order valence-electron chi connectivity index (χ1n) is 10.2. The summed E-state index contributed by atoms with van der Waals surface area (Å²) in [6, 6.07) is 11.7.